The molecule has 0 aromatic heterocycles. The summed E-state index contributed by atoms with van der Waals surface area (Å²) in [6, 6.07) is 17.1. The third kappa shape index (κ3) is 4.99. The third-order valence-corrected chi connectivity index (χ3v) is 4.54. The van der Waals surface area contributed by atoms with Crippen LogP contribution in [-0.2, 0) is 4.79 Å². The molecule has 1 fully saturated rings. The SMILES string of the molecule is CC[C@@H]1CCCN1c1ccc(Oc2cccc(Br)c2)cc1.O=CO. The Morgan fingerprint density at radius 2 is 1.96 bits per heavy atom. The fraction of sp³-hybridized carbons (Fsp3) is 0.316. The molecule has 0 saturated carbocycles. The van der Waals surface area contributed by atoms with Crippen molar-refractivity contribution in [1.29, 1.82) is 0 Å². The smallest absolute Gasteiger partial charge is 0.290 e. The summed E-state index contributed by atoms with van der Waals surface area (Å²) in [6.07, 6.45) is 3.83. The Morgan fingerprint density at radius 1 is 1.25 bits per heavy atom. The maximum atomic E-state index is 8.36. The molecule has 1 atom stereocenters. The number of anilines is 1. The van der Waals surface area contributed by atoms with Crippen molar-refractivity contribution in [1.82, 2.24) is 0 Å². The highest BCUT2D eigenvalue weighted by Gasteiger charge is 2.22. The molecule has 2 aromatic rings. The van der Waals surface area contributed by atoms with Crippen LogP contribution in [0.25, 0.3) is 0 Å². The molecule has 0 unspecified atom stereocenters. The fourth-order valence-electron chi connectivity index (χ4n) is 2.97. The molecule has 1 saturated heterocycles. The number of benzene rings is 2. The minimum absolute atomic E-state index is 0.250. The van der Waals surface area contributed by atoms with Gasteiger partial charge in [0.25, 0.3) is 6.47 Å². The zero-order valence-electron chi connectivity index (χ0n) is 13.7. The van der Waals surface area contributed by atoms with Gasteiger partial charge < -0.3 is 14.7 Å². The molecule has 4 nitrogen and oxygen atoms in total. The lowest BCUT2D eigenvalue weighted by Crippen LogP contribution is -2.28. The minimum Gasteiger partial charge on any atom is -0.483 e. The number of halogens is 1. The number of rotatable bonds is 4. The predicted molar refractivity (Wildman–Crippen MR) is 100 cm³/mol. The van der Waals surface area contributed by atoms with E-state index in [9.17, 15) is 0 Å². The normalized spacial score (nSPS) is 16.2. The highest BCUT2D eigenvalue weighted by molar-refractivity contribution is 9.10. The van der Waals surface area contributed by atoms with Gasteiger partial charge in [-0.1, -0.05) is 28.9 Å². The van der Waals surface area contributed by atoms with Gasteiger partial charge in [-0.05, 0) is 61.7 Å². The van der Waals surface area contributed by atoms with Gasteiger partial charge in [-0.15, -0.1) is 0 Å². The van der Waals surface area contributed by atoms with Crippen LogP contribution >= 0.6 is 15.9 Å². The molecular formula is C19H22BrNO3. The Bertz CT molecular complexity index is 645. The molecule has 0 radical (unpaired) electrons. The summed E-state index contributed by atoms with van der Waals surface area (Å²) in [5, 5.41) is 6.89. The molecule has 1 aliphatic rings. The van der Waals surface area contributed by atoms with E-state index in [1.54, 1.807) is 0 Å². The quantitative estimate of drug-likeness (QED) is 0.716. The third-order valence-electron chi connectivity index (χ3n) is 4.05. The zero-order chi connectivity index (χ0) is 17.4. The summed E-state index contributed by atoms with van der Waals surface area (Å²) < 4.78 is 6.91. The van der Waals surface area contributed by atoms with Gasteiger partial charge in [0.2, 0.25) is 0 Å². The number of ether oxygens (including phenoxy) is 1. The minimum atomic E-state index is -0.250. The van der Waals surface area contributed by atoms with Crippen molar-refractivity contribution < 1.29 is 14.6 Å². The van der Waals surface area contributed by atoms with Crippen molar-refractivity contribution in [2.45, 2.75) is 32.2 Å². The molecule has 0 amide bonds. The highest BCUT2D eigenvalue weighted by atomic mass is 79.9. The lowest BCUT2D eigenvalue weighted by Gasteiger charge is -2.26. The summed E-state index contributed by atoms with van der Waals surface area (Å²) in [5.74, 6) is 1.73. The van der Waals surface area contributed by atoms with Crippen molar-refractivity contribution in [3.8, 4) is 11.5 Å². The molecule has 1 aliphatic heterocycles. The molecular weight excluding hydrogens is 370 g/mol. The van der Waals surface area contributed by atoms with Crippen LogP contribution in [0.15, 0.2) is 53.0 Å². The average molecular weight is 392 g/mol. The van der Waals surface area contributed by atoms with E-state index in [2.05, 4.69) is 52.0 Å². The molecule has 128 valence electrons. The molecule has 0 bridgehead atoms. The number of hydrogen-bond acceptors (Lipinski definition) is 3. The van der Waals surface area contributed by atoms with E-state index < -0.39 is 0 Å². The van der Waals surface area contributed by atoms with Crippen LogP contribution in [0.5, 0.6) is 11.5 Å². The first-order valence-electron chi connectivity index (χ1n) is 8.06. The van der Waals surface area contributed by atoms with Gasteiger partial charge >= 0.3 is 0 Å². The van der Waals surface area contributed by atoms with E-state index in [0.717, 1.165) is 16.0 Å². The van der Waals surface area contributed by atoms with Gasteiger partial charge in [0.05, 0.1) is 0 Å². The highest BCUT2D eigenvalue weighted by Crippen LogP contribution is 2.30. The molecule has 24 heavy (non-hydrogen) atoms. The Hall–Kier alpha value is -2.01. The van der Waals surface area contributed by atoms with Crippen molar-refractivity contribution in [3.63, 3.8) is 0 Å². The van der Waals surface area contributed by atoms with Crippen LogP contribution in [-0.4, -0.2) is 24.2 Å². The predicted octanol–water partition coefficient (Wildman–Crippen LogP) is 5.32. The largest absolute Gasteiger partial charge is 0.483 e. The Kier molecular flexibility index (Phi) is 7.12. The van der Waals surface area contributed by atoms with Gasteiger partial charge in [-0.2, -0.15) is 0 Å². The first-order chi connectivity index (χ1) is 11.7. The molecule has 0 aliphatic carbocycles. The number of hydrogen-bond donors (Lipinski definition) is 1. The molecule has 3 rings (SSSR count). The lowest BCUT2D eigenvalue weighted by atomic mass is 10.1. The number of carboxylic acid groups (broad SMARTS) is 1. The van der Waals surface area contributed by atoms with Crippen LogP contribution in [0.4, 0.5) is 5.69 Å². The molecule has 1 N–H and O–H groups in total. The maximum absolute atomic E-state index is 8.36. The Morgan fingerprint density at radius 3 is 2.58 bits per heavy atom. The molecule has 2 aromatic carbocycles. The molecule has 5 heteroatoms. The second-order valence-corrected chi connectivity index (χ2v) is 6.47. The summed E-state index contributed by atoms with van der Waals surface area (Å²) in [4.78, 5) is 10.9. The topological polar surface area (TPSA) is 49.8 Å². The van der Waals surface area contributed by atoms with Gasteiger partial charge in [0, 0.05) is 22.7 Å². The van der Waals surface area contributed by atoms with Crippen molar-refractivity contribution in [3.05, 3.63) is 53.0 Å². The molecule has 1 heterocycles. The summed E-state index contributed by atoms with van der Waals surface area (Å²) in [5.41, 5.74) is 1.31. The monoisotopic (exact) mass is 391 g/mol. The van der Waals surface area contributed by atoms with Gasteiger partial charge in [0.15, 0.2) is 0 Å². The van der Waals surface area contributed by atoms with Crippen LogP contribution in [0.2, 0.25) is 0 Å². The van der Waals surface area contributed by atoms with E-state index in [1.807, 2.05) is 24.3 Å². The van der Waals surface area contributed by atoms with Crippen LogP contribution in [0, 0.1) is 0 Å². The van der Waals surface area contributed by atoms with E-state index in [0.29, 0.717) is 6.04 Å². The summed E-state index contributed by atoms with van der Waals surface area (Å²) in [7, 11) is 0. The lowest BCUT2D eigenvalue weighted by molar-refractivity contribution is -0.122. The van der Waals surface area contributed by atoms with Crippen LogP contribution in [0.3, 0.4) is 0 Å². The number of nitrogens with zero attached hydrogens (tertiary/aromatic N) is 1. The Balaban J connectivity index is 0.000000647. The zero-order valence-corrected chi connectivity index (χ0v) is 15.3. The van der Waals surface area contributed by atoms with E-state index in [-0.39, 0.29) is 6.47 Å². The standard InChI is InChI=1S/C18H20BrNO.CH2O2/c1-2-15-6-4-12-20(15)16-8-10-17(11-9-16)21-18-7-3-5-14(19)13-18;2-1-3/h3,5,7-11,13,15H,2,4,6,12H2,1H3;1H,(H,2,3)/t15-;/m1./s1. The van der Waals surface area contributed by atoms with Gasteiger partial charge in [-0.25, -0.2) is 0 Å². The second-order valence-electron chi connectivity index (χ2n) is 5.56. The average Bonchev–Trinajstić information content (AvgIpc) is 3.05. The van der Waals surface area contributed by atoms with Gasteiger partial charge in [-0.3, -0.25) is 4.79 Å². The first-order valence-corrected chi connectivity index (χ1v) is 8.85. The molecule has 0 spiro atoms. The van der Waals surface area contributed by atoms with Crippen LogP contribution < -0.4 is 9.64 Å². The van der Waals surface area contributed by atoms with Crippen molar-refractivity contribution in [2.75, 3.05) is 11.4 Å². The van der Waals surface area contributed by atoms with E-state index in [1.165, 1.54) is 31.5 Å². The van der Waals surface area contributed by atoms with Gasteiger partial charge in [0.1, 0.15) is 11.5 Å². The van der Waals surface area contributed by atoms with Crippen molar-refractivity contribution in [2.24, 2.45) is 0 Å². The Labute approximate surface area is 151 Å². The van der Waals surface area contributed by atoms with E-state index in [4.69, 9.17) is 14.6 Å². The van der Waals surface area contributed by atoms with E-state index >= 15 is 0 Å². The van der Waals surface area contributed by atoms with Crippen molar-refractivity contribution >= 4 is 28.1 Å². The maximum Gasteiger partial charge on any atom is 0.290 e. The summed E-state index contributed by atoms with van der Waals surface area (Å²) >= 11 is 3.46. The second kappa shape index (κ2) is 9.33. The summed E-state index contributed by atoms with van der Waals surface area (Å²) in [6.45, 7) is 3.19. The first kappa shape index (κ1) is 18.3. The van der Waals surface area contributed by atoms with Crippen LogP contribution in [0.1, 0.15) is 26.2 Å². The number of carbonyl (C=O) groups is 1. The fourth-order valence-corrected chi connectivity index (χ4v) is 3.35.